The summed E-state index contributed by atoms with van der Waals surface area (Å²) in [4.78, 5) is 3.81. The fraction of sp³-hybridized carbons (Fsp3) is 0.333. The Bertz CT molecular complexity index is 1590. The van der Waals surface area contributed by atoms with Gasteiger partial charge in [-0.2, -0.15) is 13.2 Å². The third-order valence-corrected chi connectivity index (χ3v) is 9.76. The van der Waals surface area contributed by atoms with Crippen LogP contribution in [0.5, 0.6) is 0 Å². The normalized spacial score (nSPS) is 16.5. The molecule has 0 aromatic heterocycles. The zero-order valence-corrected chi connectivity index (χ0v) is 24.6. The van der Waals surface area contributed by atoms with Crippen LogP contribution in [0, 0.1) is 5.82 Å². The summed E-state index contributed by atoms with van der Waals surface area (Å²) in [6.45, 7) is 4.73. The summed E-state index contributed by atoms with van der Waals surface area (Å²) in [5, 5.41) is 0.239. The second-order valence-corrected chi connectivity index (χ2v) is 12.7. The predicted octanol–water partition coefficient (Wildman–Crippen LogP) is 6.40. The number of hydrogen-bond acceptors (Lipinski definition) is 5. The highest BCUT2D eigenvalue weighted by atomic mass is 35.5. The van der Waals surface area contributed by atoms with Crippen molar-refractivity contribution in [2.75, 3.05) is 55.6 Å². The van der Waals surface area contributed by atoms with Crippen molar-refractivity contribution in [2.24, 2.45) is 0 Å². The SMILES string of the molecule is C/C(=C\c1ccc2c(c1)N(S(=O)(=O)c1cccc(C(F)(F)F)c1)CCN2CCN(C)C1COC1)c1c(F)cccc1Cl. The van der Waals surface area contributed by atoms with Crippen LogP contribution in [0.3, 0.4) is 0 Å². The molecular formula is C30H30ClF4N3O3S. The highest BCUT2D eigenvalue weighted by Gasteiger charge is 2.36. The number of allylic oxidation sites excluding steroid dienone is 1. The Balaban J connectivity index is 1.54. The zero-order valence-electron chi connectivity index (χ0n) is 23.0. The Morgan fingerprint density at radius 1 is 1.07 bits per heavy atom. The number of halogens is 5. The number of fused-ring (bicyclic) bond motifs is 1. The number of hydrogen-bond donors (Lipinski definition) is 0. The van der Waals surface area contributed by atoms with Gasteiger partial charge in [-0.1, -0.05) is 35.9 Å². The Hall–Kier alpha value is -3.12. The molecular weight excluding hydrogens is 594 g/mol. The van der Waals surface area contributed by atoms with E-state index in [4.69, 9.17) is 16.3 Å². The quantitative estimate of drug-likeness (QED) is 0.215. The molecule has 6 nitrogen and oxygen atoms in total. The first-order valence-electron chi connectivity index (χ1n) is 13.4. The zero-order chi connectivity index (χ0) is 30.2. The van der Waals surface area contributed by atoms with Gasteiger partial charge in [0.2, 0.25) is 0 Å². The summed E-state index contributed by atoms with van der Waals surface area (Å²) in [6.07, 6.45) is -2.99. The lowest BCUT2D eigenvalue weighted by Gasteiger charge is -2.40. The first kappa shape index (κ1) is 30.3. The third kappa shape index (κ3) is 6.15. The van der Waals surface area contributed by atoms with Crippen LogP contribution in [0.15, 0.2) is 65.6 Å². The lowest BCUT2D eigenvalue weighted by molar-refractivity contribution is -0.137. The predicted molar refractivity (Wildman–Crippen MR) is 157 cm³/mol. The van der Waals surface area contributed by atoms with E-state index in [0.717, 1.165) is 16.4 Å². The number of benzene rings is 3. The fourth-order valence-corrected chi connectivity index (χ4v) is 6.95. The number of sulfonamides is 1. The summed E-state index contributed by atoms with van der Waals surface area (Å²) < 4.78 is 88.9. The number of nitrogens with zero attached hydrogens (tertiary/aromatic N) is 3. The van der Waals surface area contributed by atoms with E-state index in [0.29, 0.717) is 67.5 Å². The van der Waals surface area contributed by atoms with Crippen LogP contribution in [0.4, 0.5) is 28.9 Å². The van der Waals surface area contributed by atoms with Gasteiger partial charge in [0.05, 0.1) is 52.7 Å². The van der Waals surface area contributed by atoms with Gasteiger partial charge in [-0.05, 0) is 67.6 Å². The summed E-state index contributed by atoms with van der Waals surface area (Å²) in [7, 11) is -2.35. The van der Waals surface area contributed by atoms with Gasteiger partial charge in [-0.3, -0.25) is 9.21 Å². The van der Waals surface area contributed by atoms with E-state index in [2.05, 4.69) is 9.80 Å². The van der Waals surface area contributed by atoms with E-state index < -0.39 is 32.5 Å². The maximum atomic E-state index is 14.6. The molecule has 0 bridgehead atoms. The van der Waals surface area contributed by atoms with Gasteiger partial charge in [0.1, 0.15) is 5.82 Å². The van der Waals surface area contributed by atoms with Crippen LogP contribution >= 0.6 is 11.6 Å². The van der Waals surface area contributed by atoms with E-state index in [1.807, 2.05) is 7.05 Å². The maximum absolute atomic E-state index is 14.6. The molecule has 0 radical (unpaired) electrons. The average molecular weight is 624 g/mol. The van der Waals surface area contributed by atoms with E-state index in [-0.39, 0.29) is 17.1 Å². The molecule has 1 fully saturated rings. The molecule has 1 saturated heterocycles. The molecule has 0 amide bonds. The lowest BCUT2D eigenvalue weighted by atomic mass is 10.0. The van der Waals surface area contributed by atoms with Crippen LogP contribution in [0.1, 0.15) is 23.6 Å². The molecule has 0 aliphatic carbocycles. The third-order valence-electron chi connectivity index (χ3n) is 7.64. The monoisotopic (exact) mass is 623 g/mol. The van der Waals surface area contributed by atoms with Gasteiger partial charge >= 0.3 is 6.18 Å². The number of ether oxygens (including phenoxy) is 1. The molecule has 2 aliphatic rings. The summed E-state index contributed by atoms with van der Waals surface area (Å²) in [5.41, 5.74) is 1.26. The van der Waals surface area contributed by atoms with Gasteiger partial charge in [0.25, 0.3) is 10.0 Å². The minimum absolute atomic E-state index is 0.0348. The van der Waals surface area contributed by atoms with Crippen molar-refractivity contribution >= 4 is 44.6 Å². The molecule has 0 spiro atoms. The maximum Gasteiger partial charge on any atom is 0.416 e. The number of anilines is 2. The summed E-state index contributed by atoms with van der Waals surface area (Å²) in [6, 6.07) is 13.7. The van der Waals surface area contributed by atoms with Crippen molar-refractivity contribution in [1.29, 1.82) is 0 Å². The minimum atomic E-state index is -4.69. The lowest BCUT2D eigenvalue weighted by Crippen LogP contribution is -2.51. The number of rotatable bonds is 8. The van der Waals surface area contributed by atoms with Crippen LogP contribution < -0.4 is 9.21 Å². The molecule has 3 aromatic rings. The Labute approximate surface area is 247 Å². The van der Waals surface area contributed by atoms with Crippen LogP contribution in [-0.4, -0.2) is 65.8 Å². The highest BCUT2D eigenvalue weighted by molar-refractivity contribution is 7.92. The van der Waals surface area contributed by atoms with Crippen molar-refractivity contribution in [3.63, 3.8) is 0 Å². The molecule has 2 heterocycles. The molecule has 0 saturated carbocycles. The van der Waals surface area contributed by atoms with Gasteiger partial charge in [0.15, 0.2) is 0 Å². The summed E-state index contributed by atoms with van der Waals surface area (Å²) >= 11 is 6.25. The smallest absolute Gasteiger partial charge is 0.378 e. The molecule has 42 heavy (non-hydrogen) atoms. The number of alkyl halides is 3. The average Bonchev–Trinajstić information content (AvgIpc) is 2.90. The molecule has 2 aliphatic heterocycles. The van der Waals surface area contributed by atoms with Crippen molar-refractivity contribution in [3.8, 4) is 0 Å². The number of likely N-dealkylation sites (N-methyl/N-ethyl adjacent to an activating group) is 1. The molecule has 0 unspecified atom stereocenters. The van der Waals surface area contributed by atoms with Gasteiger partial charge in [0, 0.05) is 25.2 Å². The van der Waals surface area contributed by atoms with Crippen LogP contribution in [0.25, 0.3) is 11.6 Å². The molecule has 3 aromatic carbocycles. The first-order chi connectivity index (χ1) is 19.9. The standard InChI is InChI=1S/C30H30ClF4N3O3S/c1-20(29-25(31)7-4-8-26(29)32)15-21-9-10-27-28(16-21)38(14-13-37(27)12-11-36(2)23-18-41-19-23)42(39,40)24-6-3-5-22(17-24)30(33,34)35/h3-10,15-17,23H,11-14,18-19H2,1-2H3/b20-15+. The second kappa shape index (κ2) is 11.9. The van der Waals surface area contributed by atoms with Crippen LogP contribution in [-0.2, 0) is 20.9 Å². The molecule has 5 rings (SSSR count). The highest BCUT2D eigenvalue weighted by Crippen LogP contribution is 2.39. The van der Waals surface area contributed by atoms with Crippen LogP contribution in [0.2, 0.25) is 5.02 Å². The van der Waals surface area contributed by atoms with E-state index >= 15 is 0 Å². The van der Waals surface area contributed by atoms with E-state index in [1.165, 1.54) is 18.2 Å². The summed E-state index contributed by atoms with van der Waals surface area (Å²) in [5.74, 6) is -0.491. The van der Waals surface area contributed by atoms with Gasteiger partial charge in [-0.15, -0.1) is 0 Å². The van der Waals surface area contributed by atoms with Crippen molar-refractivity contribution < 1.29 is 30.7 Å². The largest absolute Gasteiger partial charge is 0.416 e. The first-order valence-corrected chi connectivity index (χ1v) is 15.2. The Morgan fingerprint density at radius 2 is 1.81 bits per heavy atom. The van der Waals surface area contributed by atoms with Crippen molar-refractivity contribution in [1.82, 2.24) is 4.90 Å². The minimum Gasteiger partial charge on any atom is -0.378 e. The van der Waals surface area contributed by atoms with E-state index in [1.54, 1.807) is 37.3 Å². The molecule has 0 N–H and O–H groups in total. The van der Waals surface area contributed by atoms with Gasteiger partial charge < -0.3 is 9.64 Å². The molecule has 224 valence electrons. The van der Waals surface area contributed by atoms with E-state index in [9.17, 15) is 26.0 Å². The van der Waals surface area contributed by atoms with Crippen molar-refractivity contribution in [3.05, 3.63) is 88.2 Å². The topological polar surface area (TPSA) is 53.1 Å². The van der Waals surface area contributed by atoms with Gasteiger partial charge in [-0.25, -0.2) is 12.8 Å². The second-order valence-electron chi connectivity index (χ2n) is 10.4. The van der Waals surface area contributed by atoms with Crippen molar-refractivity contribution in [2.45, 2.75) is 24.0 Å². The molecule has 12 heteroatoms. The molecule has 0 atom stereocenters. The Morgan fingerprint density at radius 3 is 2.48 bits per heavy atom. The fourth-order valence-electron chi connectivity index (χ4n) is 5.13. The Kier molecular flexibility index (Phi) is 8.58.